The van der Waals surface area contributed by atoms with Gasteiger partial charge in [-0.3, -0.25) is 0 Å². The first kappa shape index (κ1) is 12.9. The molecule has 5 heteroatoms. The summed E-state index contributed by atoms with van der Waals surface area (Å²) < 4.78 is 28.7. The van der Waals surface area contributed by atoms with E-state index in [-0.39, 0.29) is 11.8 Å². The number of halogens is 2. The predicted octanol–water partition coefficient (Wildman–Crippen LogP) is 1.85. The van der Waals surface area contributed by atoms with Crippen LogP contribution in [0, 0.1) is 0 Å². The van der Waals surface area contributed by atoms with E-state index in [1.807, 2.05) is 19.0 Å². The van der Waals surface area contributed by atoms with Crippen LogP contribution >= 0.6 is 0 Å². The summed E-state index contributed by atoms with van der Waals surface area (Å²) in [5, 5.41) is 0. The van der Waals surface area contributed by atoms with Crippen molar-refractivity contribution in [2.45, 2.75) is 12.7 Å². The third kappa shape index (κ3) is 3.75. The van der Waals surface area contributed by atoms with E-state index in [9.17, 15) is 8.78 Å². The number of nitrogens with two attached hydrogens (primary N) is 1. The van der Waals surface area contributed by atoms with Crippen molar-refractivity contribution < 1.29 is 13.5 Å². The Morgan fingerprint density at radius 1 is 1.31 bits per heavy atom. The Morgan fingerprint density at radius 2 is 1.94 bits per heavy atom. The molecule has 90 valence electrons. The van der Waals surface area contributed by atoms with Gasteiger partial charge in [-0.2, -0.15) is 8.78 Å². The number of ether oxygens (including phenoxy) is 1. The lowest BCUT2D eigenvalue weighted by Crippen LogP contribution is -2.26. The van der Waals surface area contributed by atoms with Crippen molar-refractivity contribution in [1.29, 1.82) is 0 Å². The van der Waals surface area contributed by atoms with Crippen molar-refractivity contribution in [2.24, 2.45) is 5.73 Å². The Labute approximate surface area is 93.8 Å². The van der Waals surface area contributed by atoms with E-state index in [0.717, 1.165) is 0 Å². The SMILES string of the molecule is CN(C)CC(N)c1ccccc1OC(F)F. The topological polar surface area (TPSA) is 38.5 Å². The van der Waals surface area contributed by atoms with Crippen LogP contribution in [0.15, 0.2) is 24.3 Å². The Balaban J connectivity index is 2.85. The Morgan fingerprint density at radius 3 is 2.50 bits per heavy atom. The number of hydrogen-bond donors (Lipinski definition) is 1. The molecule has 0 saturated heterocycles. The normalized spacial score (nSPS) is 13.2. The maximum Gasteiger partial charge on any atom is 0.387 e. The standard InChI is InChI=1S/C11H16F2N2O/c1-15(2)7-9(14)8-5-3-4-6-10(8)16-11(12)13/h3-6,9,11H,7,14H2,1-2H3. The van der Waals surface area contributed by atoms with Gasteiger partial charge < -0.3 is 15.4 Å². The number of benzene rings is 1. The van der Waals surface area contributed by atoms with E-state index in [0.29, 0.717) is 12.1 Å². The van der Waals surface area contributed by atoms with Gasteiger partial charge in [0.05, 0.1) is 0 Å². The van der Waals surface area contributed by atoms with E-state index in [4.69, 9.17) is 5.73 Å². The minimum absolute atomic E-state index is 0.145. The minimum atomic E-state index is -2.83. The maximum atomic E-state index is 12.2. The molecule has 1 aromatic rings. The quantitative estimate of drug-likeness (QED) is 0.839. The molecule has 0 aliphatic heterocycles. The Bertz CT molecular complexity index is 332. The second kappa shape index (κ2) is 5.77. The fourth-order valence-corrected chi connectivity index (χ4v) is 1.48. The molecule has 1 unspecified atom stereocenters. The average Bonchev–Trinajstić information content (AvgIpc) is 2.16. The molecular formula is C11H16F2N2O. The fourth-order valence-electron chi connectivity index (χ4n) is 1.48. The Hall–Kier alpha value is -1.20. The Kier molecular flexibility index (Phi) is 4.64. The monoisotopic (exact) mass is 230 g/mol. The summed E-state index contributed by atoms with van der Waals surface area (Å²) in [4.78, 5) is 1.89. The molecule has 16 heavy (non-hydrogen) atoms. The van der Waals surface area contributed by atoms with E-state index >= 15 is 0 Å². The van der Waals surface area contributed by atoms with Gasteiger partial charge in [-0.25, -0.2) is 0 Å². The molecule has 0 heterocycles. The minimum Gasteiger partial charge on any atom is -0.434 e. The number of hydrogen-bond acceptors (Lipinski definition) is 3. The van der Waals surface area contributed by atoms with E-state index < -0.39 is 6.61 Å². The van der Waals surface area contributed by atoms with Gasteiger partial charge in [-0.15, -0.1) is 0 Å². The zero-order chi connectivity index (χ0) is 12.1. The van der Waals surface area contributed by atoms with Gasteiger partial charge in [0.15, 0.2) is 0 Å². The van der Waals surface area contributed by atoms with Crippen LogP contribution in [0.25, 0.3) is 0 Å². The molecule has 0 spiro atoms. The second-order valence-electron chi connectivity index (χ2n) is 3.79. The average molecular weight is 230 g/mol. The van der Waals surface area contributed by atoms with Crippen LogP contribution in [0.5, 0.6) is 5.75 Å². The highest BCUT2D eigenvalue weighted by atomic mass is 19.3. The van der Waals surface area contributed by atoms with Crippen molar-refractivity contribution in [2.75, 3.05) is 20.6 Å². The van der Waals surface area contributed by atoms with Gasteiger partial charge in [-0.05, 0) is 20.2 Å². The van der Waals surface area contributed by atoms with Crippen molar-refractivity contribution >= 4 is 0 Å². The largest absolute Gasteiger partial charge is 0.434 e. The van der Waals surface area contributed by atoms with Crippen molar-refractivity contribution in [1.82, 2.24) is 4.90 Å². The summed E-state index contributed by atoms with van der Waals surface area (Å²) in [6.07, 6.45) is 0. The molecule has 0 aliphatic carbocycles. The van der Waals surface area contributed by atoms with Crippen LogP contribution in [0.4, 0.5) is 8.78 Å². The molecular weight excluding hydrogens is 214 g/mol. The van der Waals surface area contributed by atoms with Crippen LogP contribution in [-0.4, -0.2) is 32.2 Å². The summed E-state index contributed by atoms with van der Waals surface area (Å²) >= 11 is 0. The third-order valence-electron chi connectivity index (χ3n) is 2.10. The number of nitrogens with zero attached hydrogens (tertiary/aromatic N) is 1. The van der Waals surface area contributed by atoms with Gasteiger partial charge in [0, 0.05) is 18.2 Å². The fraction of sp³-hybridized carbons (Fsp3) is 0.455. The van der Waals surface area contributed by atoms with E-state index in [1.165, 1.54) is 6.07 Å². The van der Waals surface area contributed by atoms with Crippen LogP contribution in [-0.2, 0) is 0 Å². The van der Waals surface area contributed by atoms with Crippen LogP contribution < -0.4 is 10.5 Å². The highest BCUT2D eigenvalue weighted by Crippen LogP contribution is 2.25. The van der Waals surface area contributed by atoms with Crippen LogP contribution in [0.2, 0.25) is 0 Å². The number of para-hydroxylation sites is 1. The zero-order valence-corrected chi connectivity index (χ0v) is 9.36. The molecule has 0 radical (unpaired) electrons. The summed E-state index contributed by atoms with van der Waals surface area (Å²) in [6.45, 7) is -2.25. The van der Waals surface area contributed by atoms with Crippen LogP contribution in [0.1, 0.15) is 11.6 Å². The predicted molar refractivity (Wildman–Crippen MR) is 58.6 cm³/mol. The molecule has 0 aromatic heterocycles. The summed E-state index contributed by atoms with van der Waals surface area (Å²) in [7, 11) is 3.74. The molecule has 3 nitrogen and oxygen atoms in total. The molecule has 2 N–H and O–H groups in total. The van der Waals surface area contributed by atoms with Crippen LogP contribution in [0.3, 0.4) is 0 Å². The second-order valence-corrected chi connectivity index (χ2v) is 3.79. The van der Waals surface area contributed by atoms with E-state index in [2.05, 4.69) is 4.74 Å². The van der Waals surface area contributed by atoms with Gasteiger partial charge in [0.1, 0.15) is 5.75 Å². The summed E-state index contributed by atoms with van der Waals surface area (Å²) in [5.74, 6) is 0.145. The zero-order valence-electron chi connectivity index (χ0n) is 9.36. The van der Waals surface area contributed by atoms with Crippen molar-refractivity contribution in [3.05, 3.63) is 29.8 Å². The van der Waals surface area contributed by atoms with Gasteiger partial charge >= 0.3 is 6.61 Å². The molecule has 1 rings (SSSR count). The van der Waals surface area contributed by atoms with Crippen molar-refractivity contribution in [3.63, 3.8) is 0 Å². The summed E-state index contributed by atoms with van der Waals surface area (Å²) in [6, 6.07) is 6.25. The smallest absolute Gasteiger partial charge is 0.387 e. The van der Waals surface area contributed by atoms with Gasteiger partial charge in [-0.1, -0.05) is 18.2 Å². The molecule has 0 bridgehead atoms. The molecule has 1 aromatic carbocycles. The first-order chi connectivity index (χ1) is 7.50. The first-order valence-corrected chi connectivity index (χ1v) is 4.94. The maximum absolute atomic E-state index is 12.2. The van der Waals surface area contributed by atoms with Gasteiger partial charge in [0.2, 0.25) is 0 Å². The molecule has 0 aliphatic rings. The summed E-state index contributed by atoms with van der Waals surface area (Å²) in [5.41, 5.74) is 6.50. The molecule has 0 saturated carbocycles. The highest BCUT2D eigenvalue weighted by molar-refractivity contribution is 5.35. The first-order valence-electron chi connectivity index (χ1n) is 4.94. The van der Waals surface area contributed by atoms with E-state index in [1.54, 1.807) is 18.2 Å². The third-order valence-corrected chi connectivity index (χ3v) is 2.10. The van der Waals surface area contributed by atoms with Crippen molar-refractivity contribution in [3.8, 4) is 5.75 Å². The highest BCUT2D eigenvalue weighted by Gasteiger charge is 2.15. The molecule has 1 atom stereocenters. The lowest BCUT2D eigenvalue weighted by molar-refractivity contribution is -0.0506. The number of alkyl halides is 2. The lowest BCUT2D eigenvalue weighted by atomic mass is 10.1. The molecule has 0 amide bonds. The number of likely N-dealkylation sites (N-methyl/N-ethyl adjacent to an activating group) is 1. The number of rotatable bonds is 5. The molecule has 0 fully saturated rings. The van der Waals surface area contributed by atoms with Gasteiger partial charge in [0.25, 0.3) is 0 Å². The lowest BCUT2D eigenvalue weighted by Gasteiger charge is -2.19.